The lowest BCUT2D eigenvalue weighted by atomic mass is 10.0. The molecule has 0 amide bonds. The van der Waals surface area contributed by atoms with E-state index in [-0.39, 0.29) is 6.10 Å². The minimum absolute atomic E-state index is 0.232. The molecule has 24 heavy (non-hydrogen) atoms. The Morgan fingerprint density at radius 2 is 2.08 bits per heavy atom. The van der Waals surface area contributed by atoms with Crippen LogP contribution in [0.2, 0.25) is 0 Å². The van der Waals surface area contributed by atoms with Crippen LogP contribution in [-0.4, -0.2) is 37.7 Å². The lowest BCUT2D eigenvalue weighted by Gasteiger charge is -2.29. The molecule has 0 saturated carbocycles. The van der Waals surface area contributed by atoms with Crippen molar-refractivity contribution in [1.82, 2.24) is 10.2 Å². The molecule has 0 radical (unpaired) electrons. The molecule has 120 valence electrons. The van der Waals surface area contributed by atoms with Crippen LogP contribution in [0.15, 0.2) is 36.4 Å². The molecule has 0 aromatic heterocycles. The summed E-state index contributed by atoms with van der Waals surface area (Å²) in [4.78, 5) is 2.16. The molecule has 4 rings (SSSR count). The maximum absolute atomic E-state index is 9.14. The highest BCUT2D eigenvalue weighted by Gasteiger charge is 2.20. The average Bonchev–Trinajstić information content (AvgIpc) is 2.58. The maximum atomic E-state index is 9.14. The Balaban J connectivity index is 1.85. The van der Waals surface area contributed by atoms with E-state index in [0.29, 0.717) is 5.56 Å². The minimum atomic E-state index is 0.232. The Bertz CT molecular complexity index is 938. The third-order valence-corrected chi connectivity index (χ3v) is 4.49. The van der Waals surface area contributed by atoms with E-state index in [1.54, 1.807) is 0 Å². The van der Waals surface area contributed by atoms with Gasteiger partial charge in [-0.15, -0.1) is 0 Å². The summed E-state index contributed by atoms with van der Waals surface area (Å²) in [7, 11) is 2.07. The zero-order valence-corrected chi connectivity index (χ0v) is 13.6. The van der Waals surface area contributed by atoms with E-state index >= 15 is 0 Å². The number of nitriles is 1. The lowest BCUT2D eigenvalue weighted by Crippen LogP contribution is -2.51. The molecular formula is C20H19N3O. The van der Waals surface area contributed by atoms with E-state index in [1.807, 2.05) is 24.3 Å². The van der Waals surface area contributed by atoms with Crippen molar-refractivity contribution in [3.8, 4) is 22.9 Å². The van der Waals surface area contributed by atoms with E-state index in [0.717, 1.165) is 41.7 Å². The van der Waals surface area contributed by atoms with Gasteiger partial charge in [0, 0.05) is 38.1 Å². The van der Waals surface area contributed by atoms with Crippen LogP contribution >= 0.6 is 0 Å². The molecule has 1 saturated heterocycles. The Morgan fingerprint density at radius 3 is 2.83 bits per heavy atom. The van der Waals surface area contributed by atoms with Crippen LogP contribution in [-0.2, 0) is 0 Å². The summed E-state index contributed by atoms with van der Waals surface area (Å²) in [5, 5.41) is 14.7. The normalized spacial score (nSPS) is 16.2. The summed E-state index contributed by atoms with van der Waals surface area (Å²) >= 11 is 0. The second-order valence-corrected chi connectivity index (χ2v) is 6.34. The van der Waals surface area contributed by atoms with Gasteiger partial charge in [0.15, 0.2) is 0 Å². The summed E-state index contributed by atoms with van der Waals surface area (Å²) in [6.07, 6.45) is 4.60. The van der Waals surface area contributed by atoms with Gasteiger partial charge < -0.3 is 15.0 Å². The number of nitrogens with one attached hydrogen (secondary N) is 1. The first kappa shape index (κ1) is 14.8. The third kappa shape index (κ3) is 2.75. The van der Waals surface area contributed by atoms with Gasteiger partial charge in [-0.3, -0.25) is 0 Å². The Hall–Kier alpha value is -2.77. The summed E-state index contributed by atoms with van der Waals surface area (Å²) in [5.41, 5.74) is 2.80. The van der Waals surface area contributed by atoms with E-state index in [9.17, 15) is 0 Å². The van der Waals surface area contributed by atoms with Crippen LogP contribution in [0.1, 0.15) is 5.56 Å². The van der Waals surface area contributed by atoms with Crippen LogP contribution in [0.25, 0.3) is 23.4 Å². The van der Waals surface area contributed by atoms with Gasteiger partial charge in [-0.1, -0.05) is 18.2 Å². The summed E-state index contributed by atoms with van der Waals surface area (Å²) in [5.74, 6) is 0.916. The average molecular weight is 317 g/mol. The van der Waals surface area contributed by atoms with Gasteiger partial charge in [0.2, 0.25) is 0 Å². The number of benzene rings is 2. The highest BCUT2D eigenvalue weighted by atomic mass is 16.5. The molecule has 4 nitrogen and oxygen atoms in total. The molecule has 4 heteroatoms. The van der Waals surface area contributed by atoms with Crippen molar-refractivity contribution < 1.29 is 4.74 Å². The smallest absolute Gasteiger partial charge is 0.129 e. The van der Waals surface area contributed by atoms with Crippen molar-refractivity contribution in [3.05, 3.63) is 52.4 Å². The number of ether oxygens (including phenoxy) is 1. The molecule has 0 atom stereocenters. The van der Waals surface area contributed by atoms with Crippen molar-refractivity contribution in [2.24, 2.45) is 0 Å². The topological polar surface area (TPSA) is 48.3 Å². The molecule has 2 heterocycles. The fourth-order valence-corrected chi connectivity index (χ4v) is 3.03. The number of nitrogens with zero attached hydrogens (tertiary/aromatic N) is 2. The molecule has 0 unspecified atom stereocenters. The fraction of sp³-hybridized carbons (Fsp3) is 0.250. The standard InChI is InChI=1S/C20H19N3O/c1-23-6-5-16-8-17(15-4-2-3-14(7-15)10-21)9-20(19(16)13-23)24-18-11-22-12-18/h2-5,7-9,13,18,22H,6,11-12H2,1H3. The van der Waals surface area contributed by atoms with Gasteiger partial charge in [-0.05, 0) is 40.6 Å². The van der Waals surface area contributed by atoms with E-state index in [4.69, 9.17) is 10.00 Å². The Labute approximate surface area is 141 Å². The highest BCUT2D eigenvalue weighted by molar-refractivity contribution is 5.68. The zero-order chi connectivity index (χ0) is 16.5. The van der Waals surface area contributed by atoms with Crippen molar-refractivity contribution in [2.45, 2.75) is 6.10 Å². The second kappa shape index (κ2) is 6.03. The molecule has 0 bridgehead atoms. The minimum Gasteiger partial charge on any atom is -0.487 e. The van der Waals surface area contributed by atoms with E-state index in [1.165, 1.54) is 5.22 Å². The first-order valence-corrected chi connectivity index (χ1v) is 8.17. The molecule has 1 N–H and O–H groups in total. The summed E-state index contributed by atoms with van der Waals surface area (Å²) in [6.45, 7) is 2.67. The van der Waals surface area contributed by atoms with Crippen molar-refractivity contribution in [3.63, 3.8) is 0 Å². The number of hydrogen-bond donors (Lipinski definition) is 1. The van der Waals surface area contributed by atoms with Gasteiger partial charge in [0.25, 0.3) is 0 Å². The number of rotatable bonds is 3. The largest absolute Gasteiger partial charge is 0.487 e. The van der Waals surface area contributed by atoms with Gasteiger partial charge in [0.1, 0.15) is 11.9 Å². The summed E-state index contributed by atoms with van der Waals surface area (Å²) < 4.78 is 6.21. The molecule has 2 aliphatic rings. The van der Waals surface area contributed by atoms with Gasteiger partial charge in [-0.2, -0.15) is 5.26 Å². The van der Waals surface area contributed by atoms with Crippen molar-refractivity contribution in [2.75, 3.05) is 26.7 Å². The van der Waals surface area contributed by atoms with Crippen LogP contribution in [0.5, 0.6) is 5.75 Å². The number of fused-ring (bicyclic) bond motifs is 1. The van der Waals surface area contributed by atoms with Gasteiger partial charge >= 0.3 is 0 Å². The molecule has 2 aliphatic heterocycles. The molecular weight excluding hydrogens is 298 g/mol. The quantitative estimate of drug-likeness (QED) is 0.919. The van der Waals surface area contributed by atoms with Crippen LogP contribution in [0, 0.1) is 11.3 Å². The van der Waals surface area contributed by atoms with Crippen molar-refractivity contribution >= 4 is 12.3 Å². The second-order valence-electron chi connectivity index (χ2n) is 6.34. The van der Waals surface area contributed by atoms with Crippen LogP contribution in [0.4, 0.5) is 0 Å². The first-order chi connectivity index (χ1) is 11.7. The fourth-order valence-electron chi connectivity index (χ4n) is 3.03. The van der Waals surface area contributed by atoms with E-state index < -0.39 is 0 Å². The molecule has 1 fully saturated rings. The summed E-state index contributed by atoms with van der Waals surface area (Å²) in [6, 6.07) is 14.2. The first-order valence-electron chi connectivity index (χ1n) is 8.17. The third-order valence-electron chi connectivity index (χ3n) is 4.49. The SMILES string of the molecule is CN1C=c2c(OC3CNC3)cc(-c3cccc(C#N)c3)cc2=CC1. The monoisotopic (exact) mass is 317 g/mol. The zero-order valence-electron chi connectivity index (χ0n) is 13.6. The molecule has 0 spiro atoms. The molecule has 2 aromatic carbocycles. The molecule has 0 aliphatic carbocycles. The predicted molar refractivity (Wildman–Crippen MR) is 94.7 cm³/mol. The predicted octanol–water partition coefficient (Wildman–Crippen LogP) is 1.04. The van der Waals surface area contributed by atoms with E-state index in [2.05, 4.69) is 47.7 Å². The lowest BCUT2D eigenvalue weighted by molar-refractivity contribution is 0.141. The molecule has 2 aromatic rings. The Kier molecular flexibility index (Phi) is 3.72. The Morgan fingerprint density at radius 1 is 1.21 bits per heavy atom. The number of hydrogen-bond acceptors (Lipinski definition) is 4. The van der Waals surface area contributed by atoms with Crippen molar-refractivity contribution in [1.29, 1.82) is 5.26 Å². The van der Waals surface area contributed by atoms with Crippen LogP contribution < -0.4 is 20.5 Å². The van der Waals surface area contributed by atoms with Crippen LogP contribution in [0.3, 0.4) is 0 Å². The van der Waals surface area contributed by atoms with Gasteiger partial charge in [0.05, 0.1) is 11.6 Å². The maximum Gasteiger partial charge on any atom is 0.129 e. The highest BCUT2D eigenvalue weighted by Crippen LogP contribution is 2.22. The van der Waals surface area contributed by atoms with Gasteiger partial charge in [-0.25, -0.2) is 0 Å².